The first kappa shape index (κ1) is 11.4. The Hall–Kier alpha value is -1.07. The van der Waals surface area contributed by atoms with Crippen LogP contribution in [0, 0.1) is 0 Å². The molecule has 1 N–H and O–H groups in total. The first-order chi connectivity index (χ1) is 7.70. The molecule has 0 aliphatic rings. The van der Waals surface area contributed by atoms with Crippen molar-refractivity contribution in [3.05, 3.63) is 24.4 Å². The zero-order valence-corrected chi connectivity index (χ0v) is 10.7. The Morgan fingerprint density at radius 3 is 3.12 bits per heavy atom. The summed E-state index contributed by atoms with van der Waals surface area (Å²) in [6, 6.07) is 5.83. The van der Waals surface area contributed by atoms with E-state index in [0.29, 0.717) is 0 Å². The second kappa shape index (κ2) is 4.84. The number of carbonyl (C=O) groups excluding carboxylic acids is 1. The van der Waals surface area contributed by atoms with Gasteiger partial charge in [0.25, 0.3) is 0 Å². The van der Waals surface area contributed by atoms with E-state index in [2.05, 4.69) is 9.69 Å². The van der Waals surface area contributed by atoms with Crippen molar-refractivity contribution in [3.63, 3.8) is 0 Å². The molecule has 1 amide bonds. The lowest BCUT2D eigenvalue weighted by molar-refractivity contribution is -0.115. The van der Waals surface area contributed by atoms with Crippen LogP contribution in [0.2, 0.25) is 0 Å². The Bertz CT molecular complexity index is 509. The van der Waals surface area contributed by atoms with E-state index >= 15 is 0 Å². The highest BCUT2D eigenvalue weighted by Gasteiger charge is 2.11. The van der Waals surface area contributed by atoms with Crippen molar-refractivity contribution in [2.45, 2.75) is 12.2 Å². The molecule has 1 aromatic heterocycles. The third-order valence-electron chi connectivity index (χ3n) is 2.34. The lowest BCUT2D eigenvalue weighted by Gasteiger charge is -2.09. The predicted octanol–water partition coefficient (Wildman–Crippen LogP) is 2.99. The number of aromatic nitrogens is 1. The maximum atomic E-state index is 11.7. The van der Waals surface area contributed by atoms with Crippen LogP contribution in [0.1, 0.15) is 6.92 Å². The topological polar surface area (TPSA) is 42.0 Å². The van der Waals surface area contributed by atoms with Crippen LogP contribution in [0.5, 0.6) is 0 Å². The average molecular weight is 252 g/mol. The number of benzene rings is 1. The average Bonchev–Trinajstić information content (AvgIpc) is 2.75. The van der Waals surface area contributed by atoms with Crippen molar-refractivity contribution < 1.29 is 4.79 Å². The van der Waals surface area contributed by atoms with Crippen molar-refractivity contribution in [2.24, 2.45) is 0 Å². The third kappa shape index (κ3) is 2.36. The number of hydrogen-bond acceptors (Lipinski definition) is 4. The fourth-order valence-electron chi connectivity index (χ4n) is 1.30. The molecule has 0 aliphatic carbocycles. The maximum Gasteiger partial charge on any atom is 0.237 e. The van der Waals surface area contributed by atoms with Crippen molar-refractivity contribution in [3.8, 4) is 0 Å². The molecular weight excluding hydrogens is 240 g/mol. The lowest BCUT2D eigenvalue weighted by atomic mass is 10.2. The molecule has 0 saturated carbocycles. The van der Waals surface area contributed by atoms with Gasteiger partial charge in [-0.1, -0.05) is 0 Å². The monoisotopic (exact) mass is 252 g/mol. The van der Waals surface area contributed by atoms with Gasteiger partial charge in [-0.3, -0.25) is 4.79 Å². The number of fused-ring (bicyclic) bond motifs is 1. The molecule has 2 aromatic rings. The molecule has 0 fully saturated rings. The minimum absolute atomic E-state index is 0.0312. The molecule has 1 aromatic carbocycles. The van der Waals surface area contributed by atoms with E-state index in [9.17, 15) is 4.79 Å². The molecule has 0 spiro atoms. The summed E-state index contributed by atoms with van der Waals surface area (Å²) < 4.78 is 5.23. The molecular formula is C11H12N2OS2. The Morgan fingerprint density at radius 2 is 2.38 bits per heavy atom. The molecule has 16 heavy (non-hydrogen) atoms. The summed E-state index contributed by atoms with van der Waals surface area (Å²) >= 11 is 2.99. The number of nitrogens with one attached hydrogen (secondary N) is 1. The number of carbonyl (C=O) groups is 1. The van der Waals surface area contributed by atoms with E-state index in [4.69, 9.17) is 0 Å². The van der Waals surface area contributed by atoms with Gasteiger partial charge in [-0.25, -0.2) is 0 Å². The Balaban J connectivity index is 2.17. The van der Waals surface area contributed by atoms with Gasteiger partial charge in [0.05, 0.1) is 9.95 Å². The van der Waals surface area contributed by atoms with Crippen LogP contribution in [0.25, 0.3) is 10.1 Å². The summed E-state index contributed by atoms with van der Waals surface area (Å²) in [5, 5.41) is 3.93. The SMILES string of the molecule is CS[C@@H](C)C(=O)Nc1ccc2sncc2c1. The Kier molecular flexibility index (Phi) is 3.46. The minimum Gasteiger partial charge on any atom is -0.325 e. The molecule has 84 valence electrons. The van der Waals surface area contributed by atoms with E-state index in [1.165, 1.54) is 23.3 Å². The number of thioether (sulfide) groups is 1. The zero-order valence-electron chi connectivity index (χ0n) is 9.06. The summed E-state index contributed by atoms with van der Waals surface area (Å²) in [7, 11) is 0. The predicted molar refractivity (Wildman–Crippen MR) is 71.2 cm³/mol. The molecule has 5 heteroatoms. The minimum atomic E-state index is -0.0312. The van der Waals surface area contributed by atoms with Gasteiger partial charge in [0.1, 0.15) is 0 Å². The number of anilines is 1. The van der Waals surface area contributed by atoms with E-state index < -0.39 is 0 Å². The lowest BCUT2D eigenvalue weighted by Crippen LogP contribution is -2.21. The molecule has 0 saturated heterocycles. The standard InChI is InChI=1S/C11H12N2OS2/c1-7(15-2)11(14)13-9-3-4-10-8(5-9)6-12-16-10/h3-7H,1-2H3,(H,13,14)/t7-/m0/s1. The largest absolute Gasteiger partial charge is 0.325 e. The van der Waals surface area contributed by atoms with Crippen LogP contribution in [0.3, 0.4) is 0 Å². The van der Waals surface area contributed by atoms with Gasteiger partial charge in [-0.15, -0.1) is 0 Å². The Morgan fingerprint density at radius 1 is 1.56 bits per heavy atom. The van der Waals surface area contributed by atoms with Gasteiger partial charge >= 0.3 is 0 Å². The summed E-state index contributed by atoms with van der Waals surface area (Å²) in [4.78, 5) is 11.7. The van der Waals surface area contributed by atoms with Crippen LogP contribution in [-0.2, 0) is 4.79 Å². The summed E-state index contributed by atoms with van der Waals surface area (Å²) in [5.41, 5.74) is 0.832. The van der Waals surface area contributed by atoms with Gasteiger partial charge in [0.15, 0.2) is 0 Å². The zero-order chi connectivity index (χ0) is 11.5. The van der Waals surface area contributed by atoms with Crippen LogP contribution < -0.4 is 5.32 Å². The fourth-order valence-corrected chi connectivity index (χ4v) is 2.20. The highest BCUT2D eigenvalue weighted by molar-refractivity contribution is 7.99. The second-order valence-corrected chi connectivity index (χ2v) is 5.46. The van der Waals surface area contributed by atoms with Gasteiger partial charge in [0, 0.05) is 17.3 Å². The van der Waals surface area contributed by atoms with E-state index in [-0.39, 0.29) is 11.2 Å². The molecule has 1 atom stereocenters. The highest BCUT2D eigenvalue weighted by atomic mass is 32.2. The molecule has 1 heterocycles. The number of nitrogens with zero attached hydrogens (tertiary/aromatic N) is 1. The first-order valence-electron chi connectivity index (χ1n) is 4.89. The van der Waals surface area contributed by atoms with Crippen molar-refractivity contribution in [1.29, 1.82) is 0 Å². The van der Waals surface area contributed by atoms with Crippen molar-refractivity contribution in [2.75, 3.05) is 11.6 Å². The van der Waals surface area contributed by atoms with Crippen LogP contribution in [0.15, 0.2) is 24.4 Å². The van der Waals surface area contributed by atoms with Crippen molar-refractivity contribution in [1.82, 2.24) is 4.37 Å². The normalized spacial score (nSPS) is 12.6. The van der Waals surface area contributed by atoms with Gasteiger partial charge in [-0.05, 0) is 42.9 Å². The highest BCUT2D eigenvalue weighted by Crippen LogP contribution is 2.22. The molecule has 0 radical (unpaired) electrons. The van der Waals surface area contributed by atoms with Crippen LogP contribution in [0.4, 0.5) is 5.69 Å². The number of rotatable bonds is 3. The van der Waals surface area contributed by atoms with Crippen LogP contribution >= 0.6 is 23.3 Å². The van der Waals surface area contributed by atoms with Crippen LogP contribution in [-0.4, -0.2) is 21.8 Å². The molecule has 3 nitrogen and oxygen atoms in total. The van der Waals surface area contributed by atoms with E-state index in [0.717, 1.165) is 15.8 Å². The van der Waals surface area contributed by atoms with Gasteiger partial charge in [-0.2, -0.15) is 16.1 Å². The Labute approximate surface area is 102 Å². The van der Waals surface area contributed by atoms with E-state index in [1.54, 1.807) is 0 Å². The van der Waals surface area contributed by atoms with Crippen molar-refractivity contribution >= 4 is 45.0 Å². The smallest absolute Gasteiger partial charge is 0.237 e. The summed E-state index contributed by atoms with van der Waals surface area (Å²) in [6.45, 7) is 1.89. The molecule has 0 unspecified atom stereocenters. The van der Waals surface area contributed by atoms with E-state index in [1.807, 2.05) is 37.6 Å². The number of hydrogen-bond donors (Lipinski definition) is 1. The first-order valence-corrected chi connectivity index (χ1v) is 6.95. The molecule has 2 rings (SSSR count). The van der Waals surface area contributed by atoms with Gasteiger partial charge < -0.3 is 5.32 Å². The quantitative estimate of drug-likeness (QED) is 0.913. The fraction of sp³-hybridized carbons (Fsp3) is 0.273. The molecule has 0 bridgehead atoms. The maximum absolute atomic E-state index is 11.7. The second-order valence-electron chi connectivity index (χ2n) is 3.45. The molecule has 0 aliphatic heterocycles. The third-order valence-corrected chi connectivity index (χ3v) is 4.04. The van der Waals surface area contributed by atoms with Gasteiger partial charge in [0.2, 0.25) is 5.91 Å². The summed E-state index contributed by atoms with van der Waals surface area (Å²) in [5.74, 6) is 0.0371. The number of amides is 1. The summed E-state index contributed by atoms with van der Waals surface area (Å²) in [6.07, 6.45) is 3.74.